The number of urea groups is 1. The molecule has 0 aliphatic heterocycles. The Morgan fingerprint density at radius 1 is 1.38 bits per heavy atom. The number of thiazole rings is 1. The van der Waals surface area contributed by atoms with Gasteiger partial charge in [-0.05, 0) is 24.3 Å². The first-order chi connectivity index (χ1) is 11.5. The summed E-state index contributed by atoms with van der Waals surface area (Å²) in [7, 11) is 0. The SMILES string of the molecule is CC(C)c1ncsc1NC(=O)NCC1(c2ccccc2)CC(O)C1. The lowest BCUT2D eigenvalue weighted by Crippen LogP contribution is -2.52. The summed E-state index contributed by atoms with van der Waals surface area (Å²) in [5, 5.41) is 16.4. The van der Waals surface area contributed by atoms with Gasteiger partial charge in [0.15, 0.2) is 0 Å². The van der Waals surface area contributed by atoms with Crippen LogP contribution in [0.15, 0.2) is 35.8 Å². The summed E-state index contributed by atoms with van der Waals surface area (Å²) >= 11 is 1.43. The third-order valence-corrected chi connectivity index (χ3v) is 5.35. The Morgan fingerprint density at radius 2 is 2.08 bits per heavy atom. The molecule has 1 saturated carbocycles. The third-order valence-electron chi connectivity index (χ3n) is 4.60. The van der Waals surface area contributed by atoms with Gasteiger partial charge in [-0.25, -0.2) is 9.78 Å². The monoisotopic (exact) mass is 345 g/mol. The van der Waals surface area contributed by atoms with E-state index in [9.17, 15) is 9.90 Å². The molecule has 1 heterocycles. The number of hydrogen-bond acceptors (Lipinski definition) is 4. The largest absolute Gasteiger partial charge is 0.393 e. The predicted molar refractivity (Wildman–Crippen MR) is 96.6 cm³/mol. The van der Waals surface area contributed by atoms with Crippen LogP contribution in [0, 0.1) is 0 Å². The molecule has 128 valence electrons. The fraction of sp³-hybridized carbons (Fsp3) is 0.444. The van der Waals surface area contributed by atoms with Gasteiger partial charge in [0.25, 0.3) is 0 Å². The van der Waals surface area contributed by atoms with E-state index < -0.39 is 0 Å². The van der Waals surface area contributed by atoms with Crippen molar-refractivity contribution in [3.8, 4) is 0 Å². The Morgan fingerprint density at radius 3 is 2.71 bits per heavy atom. The van der Waals surface area contributed by atoms with E-state index in [-0.39, 0.29) is 23.5 Å². The van der Waals surface area contributed by atoms with Crippen molar-refractivity contribution in [1.82, 2.24) is 10.3 Å². The zero-order chi connectivity index (χ0) is 17.2. The molecule has 5 nitrogen and oxygen atoms in total. The average molecular weight is 345 g/mol. The van der Waals surface area contributed by atoms with Crippen LogP contribution >= 0.6 is 11.3 Å². The van der Waals surface area contributed by atoms with Gasteiger partial charge in [0.2, 0.25) is 0 Å². The number of rotatable bonds is 5. The van der Waals surface area contributed by atoms with E-state index in [1.807, 2.05) is 18.2 Å². The average Bonchev–Trinajstić information content (AvgIpc) is 2.99. The summed E-state index contributed by atoms with van der Waals surface area (Å²) in [4.78, 5) is 16.6. The molecule has 0 spiro atoms. The van der Waals surface area contributed by atoms with Crippen molar-refractivity contribution < 1.29 is 9.90 Å². The highest BCUT2D eigenvalue weighted by Crippen LogP contribution is 2.43. The maximum absolute atomic E-state index is 12.3. The number of benzene rings is 1. The Bertz CT molecular complexity index is 693. The normalized spacial score (nSPS) is 22.9. The highest BCUT2D eigenvalue weighted by molar-refractivity contribution is 7.14. The minimum atomic E-state index is -0.288. The van der Waals surface area contributed by atoms with E-state index in [1.54, 1.807) is 5.51 Å². The van der Waals surface area contributed by atoms with Crippen molar-refractivity contribution in [3.05, 3.63) is 47.1 Å². The molecule has 1 aromatic heterocycles. The predicted octanol–water partition coefficient (Wildman–Crippen LogP) is 3.48. The quantitative estimate of drug-likeness (QED) is 0.777. The molecule has 1 aromatic carbocycles. The van der Waals surface area contributed by atoms with Crippen LogP contribution in [0.3, 0.4) is 0 Å². The minimum Gasteiger partial charge on any atom is -0.393 e. The first-order valence-electron chi connectivity index (χ1n) is 8.22. The van der Waals surface area contributed by atoms with E-state index >= 15 is 0 Å². The van der Waals surface area contributed by atoms with Crippen LogP contribution in [-0.2, 0) is 5.41 Å². The molecule has 1 aliphatic rings. The second kappa shape index (κ2) is 6.91. The number of nitrogens with zero attached hydrogens (tertiary/aromatic N) is 1. The molecule has 0 unspecified atom stereocenters. The van der Waals surface area contributed by atoms with Gasteiger partial charge in [0.05, 0.1) is 17.3 Å². The van der Waals surface area contributed by atoms with Gasteiger partial charge in [-0.1, -0.05) is 44.2 Å². The Hall–Kier alpha value is -1.92. The minimum absolute atomic E-state index is 0.174. The third kappa shape index (κ3) is 3.44. The number of carbonyl (C=O) groups is 1. The molecule has 3 N–H and O–H groups in total. The summed E-state index contributed by atoms with van der Waals surface area (Å²) < 4.78 is 0. The highest BCUT2D eigenvalue weighted by atomic mass is 32.1. The molecule has 0 saturated heterocycles. The number of amides is 2. The van der Waals surface area contributed by atoms with Crippen molar-refractivity contribution in [2.45, 2.75) is 44.1 Å². The van der Waals surface area contributed by atoms with Crippen LogP contribution in [0.1, 0.15) is 43.9 Å². The van der Waals surface area contributed by atoms with E-state index in [1.165, 1.54) is 11.3 Å². The lowest BCUT2D eigenvalue weighted by atomic mass is 9.62. The number of carbonyl (C=O) groups excluding carboxylic acids is 1. The van der Waals surface area contributed by atoms with Crippen LogP contribution in [0.4, 0.5) is 9.80 Å². The smallest absolute Gasteiger partial charge is 0.319 e. The number of aliphatic hydroxyl groups is 1. The zero-order valence-corrected chi connectivity index (χ0v) is 14.8. The van der Waals surface area contributed by atoms with E-state index in [2.05, 4.69) is 41.6 Å². The fourth-order valence-corrected chi connectivity index (χ4v) is 4.10. The topological polar surface area (TPSA) is 74.2 Å². The second-order valence-corrected chi connectivity index (χ2v) is 7.59. The molecular formula is C18H23N3O2S. The molecular weight excluding hydrogens is 322 g/mol. The van der Waals surface area contributed by atoms with Crippen molar-refractivity contribution in [1.29, 1.82) is 0 Å². The number of anilines is 1. The van der Waals surface area contributed by atoms with Gasteiger partial charge in [-0.3, -0.25) is 5.32 Å². The van der Waals surface area contributed by atoms with E-state index in [0.29, 0.717) is 19.4 Å². The lowest BCUT2D eigenvalue weighted by Gasteiger charge is -2.46. The Labute approximate surface area is 146 Å². The van der Waals surface area contributed by atoms with Gasteiger partial charge in [0.1, 0.15) is 5.00 Å². The maximum atomic E-state index is 12.3. The maximum Gasteiger partial charge on any atom is 0.319 e. The molecule has 0 radical (unpaired) electrons. The van der Waals surface area contributed by atoms with Crippen molar-refractivity contribution in [2.24, 2.45) is 0 Å². The number of nitrogens with one attached hydrogen (secondary N) is 2. The van der Waals surface area contributed by atoms with Crippen LogP contribution in [0.2, 0.25) is 0 Å². The van der Waals surface area contributed by atoms with Gasteiger partial charge in [-0.2, -0.15) is 0 Å². The lowest BCUT2D eigenvalue weighted by molar-refractivity contribution is 0.0193. The zero-order valence-electron chi connectivity index (χ0n) is 14.0. The van der Waals surface area contributed by atoms with Crippen LogP contribution in [-0.4, -0.2) is 28.8 Å². The first-order valence-corrected chi connectivity index (χ1v) is 9.10. The molecule has 0 bridgehead atoms. The summed E-state index contributed by atoms with van der Waals surface area (Å²) in [6.07, 6.45) is 1.06. The van der Waals surface area contributed by atoms with Crippen molar-refractivity contribution >= 4 is 22.4 Å². The molecule has 0 atom stereocenters. The van der Waals surface area contributed by atoms with Gasteiger partial charge in [0, 0.05) is 12.0 Å². The summed E-state index contributed by atoms with van der Waals surface area (Å²) in [5.41, 5.74) is 3.65. The van der Waals surface area contributed by atoms with Crippen molar-refractivity contribution in [2.75, 3.05) is 11.9 Å². The van der Waals surface area contributed by atoms with Gasteiger partial charge < -0.3 is 10.4 Å². The number of aliphatic hydroxyl groups excluding tert-OH is 1. The summed E-state index contributed by atoms with van der Waals surface area (Å²) in [6, 6.07) is 9.86. The molecule has 6 heteroatoms. The fourth-order valence-electron chi connectivity index (χ4n) is 3.27. The van der Waals surface area contributed by atoms with Crippen LogP contribution in [0.25, 0.3) is 0 Å². The summed E-state index contributed by atoms with van der Waals surface area (Å²) in [6.45, 7) is 4.62. The summed E-state index contributed by atoms with van der Waals surface area (Å²) in [5.74, 6) is 0.268. The van der Waals surface area contributed by atoms with Crippen molar-refractivity contribution in [3.63, 3.8) is 0 Å². The highest BCUT2D eigenvalue weighted by Gasteiger charge is 2.44. The Kier molecular flexibility index (Phi) is 4.87. The molecule has 24 heavy (non-hydrogen) atoms. The van der Waals surface area contributed by atoms with Crippen LogP contribution in [0.5, 0.6) is 0 Å². The standard InChI is InChI=1S/C18H23N3O2S/c1-12(2)15-16(24-11-20-15)21-17(23)19-10-18(8-14(22)9-18)13-6-4-3-5-7-13/h3-7,11-12,14,22H,8-10H2,1-2H3,(H2,19,21,23). The van der Waals surface area contributed by atoms with E-state index in [4.69, 9.17) is 0 Å². The molecule has 2 aromatic rings. The van der Waals surface area contributed by atoms with Crippen LogP contribution < -0.4 is 10.6 Å². The first kappa shape index (κ1) is 16.9. The molecule has 1 fully saturated rings. The second-order valence-electron chi connectivity index (χ2n) is 6.74. The Balaban J connectivity index is 1.63. The molecule has 2 amide bonds. The number of aromatic nitrogens is 1. The number of hydrogen-bond donors (Lipinski definition) is 3. The van der Waals surface area contributed by atoms with Gasteiger partial charge >= 0.3 is 6.03 Å². The molecule has 3 rings (SSSR count). The van der Waals surface area contributed by atoms with Gasteiger partial charge in [-0.15, -0.1) is 11.3 Å². The van der Waals surface area contributed by atoms with E-state index in [0.717, 1.165) is 16.3 Å². The molecule has 1 aliphatic carbocycles.